The van der Waals surface area contributed by atoms with Crippen molar-refractivity contribution in [1.29, 1.82) is 0 Å². The second-order valence-corrected chi connectivity index (χ2v) is 6.84. The fourth-order valence-corrected chi connectivity index (χ4v) is 3.42. The van der Waals surface area contributed by atoms with E-state index in [2.05, 4.69) is 37.5 Å². The summed E-state index contributed by atoms with van der Waals surface area (Å²) >= 11 is 0. The molecule has 2 unspecified atom stereocenters. The molecule has 23 heavy (non-hydrogen) atoms. The Labute approximate surface area is 144 Å². The second kappa shape index (κ2) is 12.6. The molecule has 0 fully saturated rings. The zero-order valence-electron chi connectivity index (χ0n) is 15.5. The Bertz CT molecular complexity index is 341. The van der Waals surface area contributed by atoms with Gasteiger partial charge in [0.15, 0.2) is 6.17 Å². The number of nitrogens with zero attached hydrogens (tertiary/aromatic N) is 1. The first-order chi connectivity index (χ1) is 11.3. The van der Waals surface area contributed by atoms with Crippen LogP contribution in [0.2, 0.25) is 0 Å². The molecule has 1 heterocycles. The van der Waals surface area contributed by atoms with E-state index in [9.17, 15) is 5.11 Å². The monoisotopic (exact) mass is 323 g/mol. The molecule has 1 rings (SSSR count). The van der Waals surface area contributed by atoms with Gasteiger partial charge in [0.25, 0.3) is 0 Å². The van der Waals surface area contributed by atoms with Gasteiger partial charge in [0.05, 0.1) is 19.4 Å². The van der Waals surface area contributed by atoms with E-state index in [4.69, 9.17) is 0 Å². The highest BCUT2D eigenvalue weighted by atomic mass is 16.3. The Morgan fingerprint density at radius 3 is 2.26 bits per heavy atom. The lowest BCUT2D eigenvalue weighted by molar-refractivity contribution is -0.892. The van der Waals surface area contributed by atoms with Crippen LogP contribution in [0.15, 0.2) is 24.6 Å². The molecule has 3 nitrogen and oxygen atoms in total. The van der Waals surface area contributed by atoms with Crippen molar-refractivity contribution in [3.63, 3.8) is 0 Å². The molecule has 0 amide bonds. The molecular weight excluding hydrogens is 284 g/mol. The van der Waals surface area contributed by atoms with Crippen LogP contribution in [-0.4, -0.2) is 35.5 Å². The number of rotatable bonds is 14. The van der Waals surface area contributed by atoms with Crippen LogP contribution in [0.25, 0.3) is 0 Å². The molecule has 2 atom stereocenters. The van der Waals surface area contributed by atoms with E-state index < -0.39 is 0 Å². The van der Waals surface area contributed by atoms with Crippen molar-refractivity contribution in [1.82, 2.24) is 5.32 Å². The van der Waals surface area contributed by atoms with E-state index in [0.29, 0.717) is 6.17 Å². The molecule has 0 aliphatic carbocycles. The number of unbranched alkanes of at least 4 members (excludes halogenated alkanes) is 9. The number of likely N-dealkylation sites (N-methyl/N-ethyl adjacent to an activating group) is 1. The van der Waals surface area contributed by atoms with E-state index in [-0.39, 0.29) is 6.61 Å². The normalized spacial score (nSPS) is 23.7. The molecule has 3 heteroatoms. The first-order valence-electron chi connectivity index (χ1n) is 9.86. The summed E-state index contributed by atoms with van der Waals surface area (Å²) in [7, 11) is 0. The van der Waals surface area contributed by atoms with Gasteiger partial charge in [0.1, 0.15) is 12.7 Å². The minimum Gasteiger partial charge on any atom is -0.390 e. The number of hydrogen-bond donors (Lipinski definition) is 2. The topological polar surface area (TPSA) is 32.3 Å². The number of aliphatic hydroxyl groups is 1. The number of aliphatic hydroxyl groups excluding tert-OH is 1. The number of nitrogens with one attached hydrogen (secondary N) is 1. The highest BCUT2D eigenvalue weighted by Gasteiger charge is 2.34. The van der Waals surface area contributed by atoms with Gasteiger partial charge in [-0.3, -0.25) is 4.48 Å². The molecule has 134 valence electrons. The Morgan fingerprint density at radius 2 is 1.65 bits per heavy atom. The fourth-order valence-electron chi connectivity index (χ4n) is 3.42. The molecule has 1 aliphatic rings. The van der Waals surface area contributed by atoms with E-state index in [1.54, 1.807) is 0 Å². The number of hydrogen-bond acceptors (Lipinski definition) is 2. The minimum absolute atomic E-state index is 0.239. The Hall–Kier alpha value is -0.800. The highest BCUT2D eigenvalue weighted by Crippen LogP contribution is 2.19. The molecule has 0 saturated heterocycles. The van der Waals surface area contributed by atoms with Crippen LogP contribution in [-0.2, 0) is 0 Å². The van der Waals surface area contributed by atoms with E-state index >= 15 is 0 Å². The maximum Gasteiger partial charge on any atom is 0.185 e. The summed E-state index contributed by atoms with van der Waals surface area (Å²) in [6.45, 7) is 6.50. The van der Waals surface area contributed by atoms with Crippen LogP contribution in [0, 0.1) is 0 Å². The van der Waals surface area contributed by atoms with Gasteiger partial charge in [-0.2, -0.15) is 0 Å². The third kappa shape index (κ3) is 7.54. The average molecular weight is 324 g/mol. The lowest BCUT2D eigenvalue weighted by Gasteiger charge is -2.34. The van der Waals surface area contributed by atoms with Crippen molar-refractivity contribution in [3.05, 3.63) is 24.6 Å². The van der Waals surface area contributed by atoms with Crippen molar-refractivity contribution in [2.45, 2.75) is 84.2 Å². The molecule has 0 aromatic heterocycles. The molecule has 0 saturated carbocycles. The fraction of sp³-hybridized carbons (Fsp3) is 0.800. The molecule has 0 spiro atoms. The Kier molecular flexibility index (Phi) is 11.1. The van der Waals surface area contributed by atoms with Crippen LogP contribution < -0.4 is 5.32 Å². The third-order valence-electron chi connectivity index (χ3n) is 5.09. The van der Waals surface area contributed by atoms with E-state index in [0.717, 1.165) is 17.6 Å². The summed E-state index contributed by atoms with van der Waals surface area (Å²) < 4.78 is 0.824. The van der Waals surface area contributed by atoms with Crippen LogP contribution in [0.5, 0.6) is 0 Å². The molecule has 2 N–H and O–H groups in total. The van der Waals surface area contributed by atoms with Gasteiger partial charge in [-0.05, 0) is 25.8 Å². The predicted octanol–water partition coefficient (Wildman–Crippen LogP) is 4.69. The van der Waals surface area contributed by atoms with Gasteiger partial charge in [-0.25, -0.2) is 0 Å². The maximum atomic E-state index is 9.30. The van der Waals surface area contributed by atoms with E-state index in [1.807, 2.05) is 6.20 Å². The second-order valence-electron chi connectivity index (χ2n) is 6.84. The maximum absolute atomic E-state index is 9.30. The standard InChI is InChI=1S/C20H39N2O/c1-3-5-6-7-8-9-10-11-12-13-14-15-20-21-16-17-22(20,4-2)18-19-23/h14-17,20-21,23H,3-13,18-19H2,1-2H3/q+1/b15-14+. The smallest absolute Gasteiger partial charge is 0.185 e. The van der Waals surface area contributed by atoms with Gasteiger partial charge in [-0.1, -0.05) is 64.4 Å². The summed E-state index contributed by atoms with van der Waals surface area (Å²) in [6, 6.07) is 0. The van der Waals surface area contributed by atoms with Crippen LogP contribution in [0.1, 0.15) is 78.1 Å². The summed E-state index contributed by atoms with van der Waals surface area (Å²) in [5.41, 5.74) is 0. The quantitative estimate of drug-likeness (QED) is 0.276. The van der Waals surface area contributed by atoms with Crippen molar-refractivity contribution >= 4 is 0 Å². The number of allylic oxidation sites excluding steroid dienone is 1. The summed E-state index contributed by atoms with van der Waals surface area (Å²) in [5, 5.41) is 12.7. The van der Waals surface area contributed by atoms with Crippen molar-refractivity contribution < 1.29 is 9.59 Å². The van der Waals surface area contributed by atoms with Gasteiger partial charge in [0.2, 0.25) is 0 Å². The molecule has 0 radical (unpaired) electrons. The van der Waals surface area contributed by atoms with Gasteiger partial charge in [0, 0.05) is 0 Å². The Morgan fingerprint density at radius 1 is 1.00 bits per heavy atom. The summed E-state index contributed by atoms with van der Waals surface area (Å²) in [5.74, 6) is 0. The third-order valence-corrected chi connectivity index (χ3v) is 5.09. The SMILES string of the molecule is CCCCCCCCCCC/C=C/C1NC=C[N+]1(CC)CCO. The van der Waals surface area contributed by atoms with Gasteiger partial charge < -0.3 is 10.4 Å². The molecule has 0 bridgehead atoms. The summed E-state index contributed by atoms with van der Waals surface area (Å²) in [6.07, 6.45) is 22.8. The zero-order chi connectivity index (χ0) is 16.8. The van der Waals surface area contributed by atoms with Crippen molar-refractivity contribution in [2.75, 3.05) is 19.7 Å². The largest absolute Gasteiger partial charge is 0.390 e. The summed E-state index contributed by atoms with van der Waals surface area (Å²) in [4.78, 5) is 0. The van der Waals surface area contributed by atoms with Crippen molar-refractivity contribution in [3.8, 4) is 0 Å². The van der Waals surface area contributed by atoms with Crippen LogP contribution in [0.4, 0.5) is 0 Å². The lowest BCUT2D eigenvalue weighted by Crippen LogP contribution is -2.53. The van der Waals surface area contributed by atoms with Gasteiger partial charge in [-0.15, -0.1) is 0 Å². The minimum atomic E-state index is 0.239. The molecular formula is C20H39N2O+. The first-order valence-corrected chi connectivity index (χ1v) is 9.86. The molecule has 0 aromatic carbocycles. The average Bonchev–Trinajstić information content (AvgIpc) is 2.96. The van der Waals surface area contributed by atoms with Crippen molar-refractivity contribution in [2.24, 2.45) is 0 Å². The highest BCUT2D eigenvalue weighted by molar-refractivity contribution is 4.97. The first kappa shape index (κ1) is 20.2. The molecule has 1 aliphatic heterocycles. The lowest BCUT2D eigenvalue weighted by atomic mass is 10.1. The van der Waals surface area contributed by atoms with Crippen LogP contribution >= 0.6 is 0 Å². The molecule has 0 aromatic rings. The van der Waals surface area contributed by atoms with Gasteiger partial charge >= 0.3 is 0 Å². The predicted molar refractivity (Wildman–Crippen MR) is 99.8 cm³/mol. The van der Waals surface area contributed by atoms with Crippen LogP contribution in [0.3, 0.4) is 0 Å². The van der Waals surface area contributed by atoms with E-state index in [1.165, 1.54) is 64.2 Å². The Balaban J connectivity index is 2.08. The number of quaternary nitrogens is 1. The zero-order valence-corrected chi connectivity index (χ0v) is 15.5.